The van der Waals surface area contributed by atoms with Crippen LogP contribution in [0.3, 0.4) is 0 Å². The number of ether oxygens (including phenoxy) is 1. The van der Waals surface area contributed by atoms with E-state index in [9.17, 15) is 4.79 Å². The maximum absolute atomic E-state index is 12.5. The van der Waals surface area contributed by atoms with Gasteiger partial charge in [-0.25, -0.2) is 0 Å². The van der Waals surface area contributed by atoms with Crippen LogP contribution in [0.1, 0.15) is 15.9 Å². The Morgan fingerprint density at radius 3 is 2.59 bits per heavy atom. The number of nitrogens with zero attached hydrogens (tertiary/aromatic N) is 1. The van der Waals surface area contributed by atoms with Gasteiger partial charge in [-0.05, 0) is 54.1 Å². The van der Waals surface area contributed by atoms with Gasteiger partial charge in [0.25, 0.3) is 5.91 Å². The molecule has 4 nitrogen and oxygen atoms in total. The second kappa shape index (κ2) is 7.70. The number of carbonyl (C=O) groups excluding carboxylic acids is 1. The molecule has 132 valence electrons. The maximum atomic E-state index is 12.5. The number of pyridine rings is 1. The van der Waals surface area contributed by atoms with E-state index >= 15 is 0 Å². The van der Waals surface area contributed by atoms with Gasteiger partial charge in [-0.15, -0.1) is 0 Å². The molecule has 1 aromatic heterocycles. The number of hydrogen-bond acceptors (Lipinski definition) is 3. The van der Waals surface area contributed by atoms with Crippen LogP contribution in [-0.4, -0.2) is 10.9 Å². The molecule has 0 spiro atoms. The van der Waals surface area contributed by atoms with Crippen molar-refractivity contribution < 1.29 is 9.53 Å². The van der Waals surface area contributed by atoms with E-state index in [0.717, 1.165) is 28.0 Å². The molecule has 0 atom stereocenters. The molecule has 0 aliphatic heterocycles. The minimum atomic E-state index is -0.116. The van der Waals surface area contributed by atoms with E-state index in [1.54, 1.807) is 12.3 Å². The summed E-state index contributed by atoms with van der Waals surface area (Å²) >= 11 is 0. The van der Waals surface area contributed by atoms with Crippen molar-refractivity contribution in [2.45, 2.75) is 6.54 Å². The number of rotatable bonds is 5. The van der Waals surface area contributed by atoms with E-state index in [0.29, 0.717) is 12.1 Å². The van der Waals surface area contributed by atoms with Crippen molar-refractivity contribution in [1.29, 1.82) is 0 Å². The van der Waals surface area contributed by atoms with Crippen LogP contribution in [0.25, 0.3) is 10.9 Å². The number of carbonyl (C=O) groups is 1. The molecule has 1 heterocycles. The summed E-state index contributed by atoms with van der Waals surface area (Å²) in [5.74, 6) is 1.41. The van der Waals surface area contributed by atoms with Crippen LogP contribution in [-0.2, 0) is 6.54 Å². The highest BCUT2D eigenvalue weighted by Gasteiger charge is 2.07. The second-order valence-electron chi connectivity index (χ2n) is 6.16. The van der Waals surface area contributed by atoms with E-state index < -0.39 is 0 Å². The van der Waals surface area contributed by atoms with Crippen LogP contribution in [0.2, 0.25) is 0 Å². The van der Waals surface area contributed by atoms with Crippen molar-refractivity contribution in [2.75, 3.05) is 0 Å². The summed E-state index contributed by atoms with van der Waals surface area (Å²) in [4.78, 5) is 16.7. The van der Waals surface area contributed by atoms with Crippen LogP contribution in [0.5, 0.6) is 11.5 Å². The quantitative estimate of drug-likeness (QED) is 0.551. The van der Waals surface area contributed by atoms with Gasteiger partial charge >= 0.3 is 0 Å². The summed E-state index contributed by atoms with van der Waals surface area (Å²) in [6, 6.07) is 26.6. The molecule has 27 heavy (non-hydrogen) atoms. The third kappa shape index (κ3) is 4.12. The Kier molecular flexibility index (Phi) is 4.79. The number of fused-ring (bicyclic) bond motifs is 1. The lowest BCUT2D eigenvalue weighted by Gasteiger charge is -2.09. The largest absolute Gasteiger partial charge is 0.457 e. The van der Waals surface area contributed by atoms with Crippen molar-refractivity contribution in [3.63, 3.8) is 0 Å². The van der Waals surface area contributed by atoms with E-state index in [2.05, 4.69) is 10.3 Å². The second-order valence-corrected chi connectivity index (χ2v) is 6.16. The number of aromatic nitrogens is 1. The van der Waals surface area contributed by atoms with Gasteiger partial charge in [-0.1, -0.05) is 36.4 Å². The van der Waals surface area contributed by atoms with Gasteiger partial charge in [0.2, 0.25) is 0 Å². The third-order valence-electron chi connectivity index (χ3n) is 4.20. The fraction of sp³-hybridized carbons (Fsp3) is 0.0435. The fourth-order valence-electron chi connectivity index (χ4n) is 2.84. The summed E-state index contributed by atoms with van der Waals surface area (Å²) in [6.45, 7) is 0.426. The summed E-state index contributed by atoms with van der Waals surface area (Å²) < 4.78 is 5.84. The molecule has 0 radical (unpaired) electrons. The Hall–Kier alpha value is -3.66. The Labute approximate surface area is 157 Å². The van der Waals surface area contributed by atoms with E-state index in [1.807, 2.05) is 78.9 Å². The highest BCUT2D eigenvalue weighted by Crippen LogP contribution is 2.22. The molecule has 4 aromatic rings. The molecule has 0 saturated heterocycles. The molecule has 4 heteroatoms. The fourth-order valence-corrected chi connectivity index (χ4v) is 2.84. The predicted molar refractivity (Wildman–Crippen MR) is 106 cm³/mol. The molecule has 0 aliphatic rings. The summed E-state index contributed by atoms with van der Waals surface area (Å²) in [7, 11) is 0. The zero-order valence-electron chi connectivity index (χ0n) is 14.6. The molecular formula is C23H18N2O2. The standard InChI is InChI=1S/C23H18N2O2/c26-23(19-11-12-22-18(15-19)7-5-13-24-22)25-16-17-6-4-10-21(14-17)27-20-8-2-1-3-9-20/h1-15H,16H2,(H,25,26). The molecule has 3 aromatic carbocycles. The molecule has 4 rings (SSSR count). The summed E-state index contributed by atoms with van der Waals surface area (Å²) in [6.07, 6.45) is 1.74. The minimum absolute atomic E-state index is 0.116. The first kappa shape index (κ1) is 16.8. The van der Waals surface area contributed by atoms with Gasteiger partial charge in [0.15, 0.2) is 0 Å². The molecule has 0 aliphatic carbocycles. The third-order valence-corrected chi connectivity index (χ3v) is 4.20. The average Bonchev–Trinajstić information content (AvgIpc) is 2.73. The average molecular weight is 354 g/mol. The highest BCUT2D eigenvalue weighted by molar-refractivity contribution is 5.97. The monoisotopic (exact) mass is 354 g/mol. The Balaban J connectivity index is 1.43. The highest BCUT2D eigenvalue weighted by atomic mass is 16.5. The smallest absolute Gasteiger partial charge is 0.251 e. The molecule has 0 bridgehead atoms. The Morgan fingerprint density at radius 2 is 1.70 bits per heavy atom. The Morgan fingerprint density at radius 1 is 0.852 bits per heavy atom. The molecule has 1 N–H and O–H groups in total. The Bertz CT molecular complexity index is 1080. The first-order valence-electron chi connectivity index (χ1n) is 8.73. The van der Waals surface area contributed by atoms with Crippen molar-refractivity contribution in [1.82, 2.24) is 10.3 Å². The summed E-state index contributed by atoms with van der Waals surface area (Å²) in [5, 5.41) is 3.90. The zero-order chi connectivity index (χ0) is 18.5. The first-order chi connectivity index (χ1) is 13.3. The zero-order valence-corrected chi connectivity index (χ0v) is 14.6. The van der Waals surface area contributed by atoms with Gasteiger partial charge < -0.3 is 10.1 Å². The van der Waals surface area contributed by atoms with Gasteiger partial charge in [-0.2, -0.15) is 0 Å². The van der Waals surface area contributed by atoms with Crippen LogP contribution >= 0.6 is 0 Å². The molecule has 1 amide bonds. The van der Waals surface area contributed by atoms with Gasteiger partial charge in [0.1, 0.15) is 11.5 Å². The number of hydrogen-bond donors (Lipinski definition) is 1. The molecule has 0 fully saturated rings. The lowest BCUT2D eigenvalue weighted by atomic mass is 10.1. The van der Waals surface area contributed by atoms with E-state index in [1.165, 1.54) is 0 Å². The number of amides is 1. The number of nitrogens with one attached hydrogen (secondary N) is 1. The number of para-hydroxylation sites is 1. The topological polar surface area (TPSA) is 51.2 Å². The normalized spacial score (nSPS) is 10.5. The van der Waals surface area contributed by atoms with E-state index in [4.69, 9.17) is 4.74 Å². The molecular weight excluding hydrogens is 336 g/mol. The van der Waals surface area contributed by atoms with Crippen molar-refractivity contribution >= 4 is 16.8 Å². The van der Waals surface area contributed by atoms with Crippen LogP contribution in [0.4, 0.5) is 0 Å². The van der Waals surface area contributed by atoms with Crippen LogP contribution < -0.4 is 10.1 Å². The van der Waals surface area contributed by atoms with Crippen molar-refractivity contribution in [3.8, 4) is 11.5 Å². The van der Waals surface area contributed by atoms with Crippen molar-refractivity contribution in [3.05, 3.63) is 102 Å². The van der Waals surface area contributed by atoms with E-state index in [-0.39, 0.29) is 5.91 Å². The van der Waals surface area contributed by atoms with Gasteiger partial charge in [0, 0.05) is 23.7 Å². The molecule has 0 saturated carbocycles. The minimum Gasteiger partial charge on any atom is -0.457 e. The SMILES string of the molecule is O=C(NCc1cccc(Oc2ccccc2)c1)c1ccc2ncccc2c1. The molecule has 0 unspecified atom stereocenters. The predicted octanol–water partition coefficient (Wildman–Crippen LogP) is 4.96. The van der Waals surface area contributed by atoms with Gasteiger partial charge in [-0.3, -0.25) is 9.78 Å². The lowest BCUT2D eigenvalue weighted by molar-refractivity contribution is 0.0951. The maximum Gasteiger partial charge on any atom is 0.251 e. The van der Waals surface area contributed by atoms with Crippen LogP contribution in [0, 0.1) is 0 Å². The first-order valence-corrected chi connectivity index (χ1v) is 8.73. The van der Waals surface area contributed by atoms with Crippen LogP contribution in [0.15, 0.2) is 91.1 Å². The van der Waals surface area contributed by atoms with Crippen molar-refractivity contribution in [2.24, 2.45) is 0 Å². The summed E-state index contributed by atoms with van der Waals surface area (Å²) in [5.41, 5.74) is 2.46. The lowest BCUT2D eigenvalue weighted by Crippen LogP contribution is -2.22. The number of benzene rings is 3. The van der Waals surface area contributed by atoms with Gasteiger partial charge in [0.05, 0.1) is 5.52 Å².